The van der Waals surface area contributed by atoms with E-state index in [1.54, 1.807) is 12.1 Å². The van der Waals surface area contributed by atoms with Crippen molar-refractivity contribution in [1.29, 1.82) is 0 Å². The fraction of sp³-hybridized carbons (Fsp3) is 0.409. The lowest BCUT2D eigenvalue weighted by Crippen LogP contribution is -2.49. The fourth-order valence-electron chi connectivity index (χ4n) is 4.45. The van der Waals surface area contributed by atoms with Gasteiger partial charge in [-0.2, -0.15) is 0 Å². The molecule has 1 aliphatic carbocycles. The van der Waals surface area contributed by atoms with Crippen LogP contribution in [0, 0.1) is 5.82 Å². The Morgan fingerprint density at radius 1 is 1.00 bits per heavy atom. The molecule has 2 heterocycles. The monoisotopic (exact) mass is 398 g/mol. The van der Waals surface area contributed by atoms with E-state index in [0.29, 0.717) is 19.0 Å². The Labute approximate surface area is 168 Å². The molecule has 1 unspecified atom stereocenters. The summed E-state index contributed by atoms with van der Waals surface area (Å²) < 4.78 is 30.7. The molecule has 2 aromatic rings. The molecule has 0 bridgehead atoms. The minimum Gasteiger partial charge on any atom is -0.485 e. The van der Waals surface area contributed by atoms with Crippen molar-refractivity contribution in [3.05, 3.63) is 65.5 Å². The van der Waals surface area contributed by atoms with E-state index >= 15 is 0 Å². The van der Waals surface area contributed by atoms with Crippen LogP contribution in [0.5, 0.6) is 5.75 Å². The summed E-state index contributed by atoms with van der Waals surface area (Å²) in [6, 6.07) is 13.7. The van der Waals surface area contributed by atoms with Gasteiger partial charge in [0.15, 0.2) is 6.10 Å². The zero-order valence-corrected chi connectivity index (χ0v) is 15.8. The molecule has 5 rings (SSSR count). The summed E-state index contributed by atoms with van der Waals surface area (Å²) in [6.07, 6.45) is 1.06. The number of aryl methyl sites for hydroxylation is 1. The second-order valence-corrected chi connectivity index (χ2v) is 7.72. The number of halogens is 1. The SMILES string of the molecule is O=C(NC1CCc2ccccc21)N[C@H]1CO[C@H]2[C@@H]1OC[C@@H]2Oc1ccc(F)cc1. The molecule has 0 aromatic heterocycles. The number of ether oxygens (including phenoxy) is 3. The average molecular weight is 398 g/mol. The average Bonchev–Trinajstić information content (AvgIpc) is 3.42. The molecule has 0 saturated carbocycles. The maximum Gasteiger partial charge on any atom is 0.315 e. The number of urea groups is 1. The molecule has 7 heteroatoms. The highest BCUT2D eigenvalue weighted by Crippen LogP contribution is 2.32. The highest BCUT2D eigenvalue weighted by Gasteiger charge is 2.49. The molecule has 0 radical (unpaired) electrons. The third-order valence-electron chi connectivity index (χ3n) is 5.86. The van der Waals surface area contributed by atoms with E-state index < -0.39 is 0 Å². The van der Waals surface area contributed by atoms with Crippen LogP contribution in [0.1, 0.15) is 23.6 Å². The van der Waals surface area contributed by atoms with Gasteiger partial charge in [0.05, 0.1) is 25.3 Å². The van der Waals surface area contributed by atoms with Gasteiger partial charge < -0.3 is 24.8 Å². The summed E-state index contributed by atoms with van der Waals surface area (Å²) in [6.45, 7) is 0.732. The van der Waals surface area contributed by atoms with E-state index in [9.17, 15) is 9.18 Å². The van der Waals surface area contributed by atoms with Gasteiger partial charge in [-0.1, -0.05) is 24.3 Å². The number of carbonyl (C=O) groups excluding carboxylic acids is 1. The predicted octanol–water partition coefficient (Wildman–Crippen LogP) is 2.73. The van der Waals surface area contributed by atoms with Gasteiger partial charge in [-0.25, -0.2) is 9.18 Å². The number of nitrogens with one attached hydrogen (secondary N) is 2. The fourth-order valence-corrected chi connectivity index (χ4v) is 4.45. The van der Waals surface area contributed by atoms with Gasteiger partial charge in [-0.15, -0.1) is 0 Å². The van der Waals surface area contributed by atoms with E-state index in [1.165, 1.54) is 23.3 Å². The standard InChI is InChI=1S/C22H23FN2O4/c23-14-6-8-15(9-7-14)29-19-12-28-20-18(11-27-21(19)20)25-22(26)24-17-10-5-13-3-1-2-4-16(13)17/h1-4,6-9,17-21H,5,10-12H2,(H2,24,25,26)/t17?,18-,19-,20+,21+/m0/s1. The summed E-state index contributed by atoms with van der Waals surface area (Å²) in [5, 5.41) is 6.06. The van der Waals surface area contributed by atoms with Crippen molar-refractivity contribution in [3.63, 3.8) is 0 Å². The normalized spacial score (nSPS) is 29.9. The third kappa shape index (κ3) is 3.68. The van der Waals surface area contributed by atoms with Crippen molar-refractivity contribution in [1.82, 2.24) is 10.6 Å². The van der Waals surface area contributed by atoms with Crippen LogP contribution in [0.2, 0.25) is 0 Å². The molecular formula is C22H23FN2O4. The molecule has 0 spiro atoms. The number of hydrogen-bond donors (Lipinski definition) is 2. The Kier molecular flexibility index (Phi) is 4.85. The number of carbonyl (C=O) groups is 1. The Balaban J connectivity index is 1.16. The van der Waals surface area contributed by atoms with Gasteiger partial charge in [0, 0.05) is 0 Å². The molecule has 6 nitrogen and oxygen atoms in total. The van der Waals surface area contributed by atoms with E-state index in [1.807, 2.05) is 12.1 Å². The highest BCUT2D eigenvalue weighted by atomic mass is 19.1. The summed E-state index contributed by atoms with van der Waals surface area (Å²) >= 11 is 0. The van der Waals surface area contributed by atoms with Crippen LogP contribution < -0.4 is 15.4 Å². The van der Waals surface area contributed by atoms with Crippen LogP contribution in [0.4, 0.5) is 9.18 Å². The molecule has 2 amide bonds. The van der Waals surface area contributed by atoms with Crippen molar-refractivity contribution in [3.8, 4) is 5.75 Å². The summed E-state index contributed by atoms with van der Waals surface area (Å²) in [5.41, 5.74) is 2.48. The van der Waals surface area contributed by atoms with Gasteiger partial charge in [-0.3, -0.25) is 0 Å². The van der Waals surface area contributed by atoms with E-state index in [2.05, 4.69) is 22.8 Å². The minimum absolute atomic E-state index is 0.0309. The van der Waals surface area contributed by atoms with Gasteiger partial charge in [0.2, 0.25) is 0 Å². The first-order valence-corrected chi connectivity index (χ1v) is 9.97. The first kappa shape index (κ1) is 18.4. The largest absolute Gasteiger partial charge is 0.485 e. The molecule has 5 atom stereocenters. The topological polar surface area (TPSA) is 68.8 Å². The summed E-state index contributed by atoms with van der Waals surface area (Å²) in [4.78, 5) is 12.6. The Morgan fingerprint density at radius 2 is 1.79 bits per heavy atom. The molecule has 29 heavy (non-hydrogen) atoms. The summed E-state index contributed by atoms with van der Waals surface area (Å²) in [7, 11) is 0. The van der Waals surface area contributed by atoms with Crippen molar-refractivity contribution in [2.24, 2.45) is 0 Å². The van der Waals surface area contributed by atoms with E-state index in [4.69, 9.17) is 14.2 Å². The third-order valence-corrected chi connectivity index (χ3v) is 5.86. The van der Waals surface area contributed by atoms with E-state index in [0.717, 1.165) is 12.8 Å². The van der Waals surface area contributed by atoms with Crippen molar-refractivity contribution >= 4 is 6.03 Å². The van der Waals surface area contributed by atoms with Crippen LogP contribution in [0.25, 0.3) is 0 Å². The number of rotatable bonds is 4. The lowest BCUT2D eigenvalue weighted by molar-refractivity contribution is 0.0303. The number of fused-ring (bicyclic) bond motifs is 2. The number of benzene rings is 2. The Bertz CT molecular complexity index is 891. The van der Waals surface area contributed by atoms with Crippen LogP contribution in [-0.4, -0.2) is 43.6 Å². The molecule has 2 aliphatic heterocycles. The molecular weight excluding hydrogens is 375 g/mol. The summed E-state index contributed by atoms with van der Waals surface area (Å²) in [5.74, 6) is 0.258. The molecule has 2 N–H and O–H groups in total. The van der Waals surface area contributed by atoms with Crippen LogP contribution >= 0.6 is 0 Å². The molecule has 3 aliphatic rings. The molecule has 2 aromatic carbocycles. The van der Waals surface area contributed by atoms with Crippen LogP contribution in [0.15, 0.2) is 48.5 Å². The smallest absolute Gasteiger partial charge is 0.315 e. The van der Waals surface area contributed by atoms with Crippen molar-refractivity contribution < 1.29 is 23.4 Å². The second-order valence-electron chi connectivity index (χ2n) is 7.72. The number of amides is 2. The lowest BCUT2D eigenvalue weighted by atomic mass is 10.1. The van der Waals surface area contributed by atoms with Crippen LogP contribution in [-0.2, 0) is 15.9 Å². The zero-order chi connectivity index (χ0) is 19.8. The molecule has 2 saturated heterocycles. The van der Waals surface area contributed by atoms with Crippen molar-refractivity contribution in [2.75, 3.05) is 13.2 Å². The van der Waals surface area contributed by atoms with Crippen molar-refractivity contribution in [2.45, 2.75) is 43.2 Å². The maximum absolute atomic E-state index is 13.1. The first-order chi connectivity index (χ1) is 14.2. The first-order valence-electron chi connectivity index (χ1n) is 9.97. The van der Waals surface area contributed by atoms with Gasteiger partial charge >= 0.3 is 6.03 Å². The lowest BCUT2D eigenvalue weighted by Gasteiger charge is -2.20. The zero-order valence-electron chi connectivity index (χ0n) is 15.8. The van der Waals surface area contributed by atoms with Gasteiger partial charge in [0.25, 0.3) is 0 Å². The van der Waals surface area contributed by atoms with Crippen LogP contribution in [0.3, 0.4) is 0 Å². The second kappa shape index (κ2) is 7.65. The maximum atomic E-state index is 13.1. The quantitative estimate of drug-likeness (QED) is 0.831. The highest BCUT2D eigenvalue weighted by molar-refractivity contribution is 5.75. The number of hydrogen-bond acceptors (Lipinski definition) is 4. The Hall–Kier alpha value is -2.64. The van der Waals surface area contributed by atoms with Gasteiger partial charge in [0.1, 0.15) is 23.8 Å². The Morgan fingerprint density at radius 3 is 2.66 bits per heavy atom. The minimum atomic E-state index is -0.310. The van der Waals surface area contributed by atoms with Gasteiger partial charge in [-0.05, 0) is 48.2 Å². The predicted molar refractivity (Wildman–Crippen MR) is 103 cm³/mol. The van der Waals surface area contributed by atoms with E-state index in [-0.39, 0.29) is 42.2 Å². The molecule has 152 valence electrons. The molecule has 2 fully saturated rings.